The molecule has 1 aliphatic rings. The van der Waals surface area contributed by atoms with Crippen molar-refractivity contribution in [2.45, 2.75) is 13.0 Å². The molecule has 0 unspecified atom stereocenters. The lowest BCUT2D eigenvalue weighted by molar-refractivity contribution is 0.0638. The number of carbonyl (C=O) groups excluding carboxylic acids is 3. The molecule has 1 aliphatic heterocycles. The largest absolute Gasteiger partial charge is 0.385 e. The minimum atomic E-state index is -0.394. The van der Waals surface area contributed by atoms with Crippen LogP contribution in [0.1, 0.15) is 43.1 Å². The highest BCUT2D eigenvalue weighted by atomic mass is 79.9. The fourth-order valence-corrected chi connectivity index (χ4v) is 3.95. The topological polar surface area (TPSA) is 93.5 Å². The molecule has 0 bridgehead atoms. The van der Waals surface area contributed by atoms with Gasteiger partial charge in [-0.2, -0.15) is 5.10 Å². The summed E-state index contributed by atoms with van der Waals surface area (Å²) in [4.78, 5) is 39.3. The maximum atomic E-state index is 12.9. The average Bonchev–Trinajstić information content (AvgIpc) is 3.32. The molecular weight excluding hydrogens is 476 g/mol. The Labute approximate surface area is 193 Å². The lowest BCUT2D eigenvalue weighted by Crippen LogP contribution is -2.31. The van der Waals surface area contributed by atoms with Gasteiger partial charge in [-0.15, -0.1) is 0 Å². The molecule has 0 fully saturated rings. The van der Waals surface area contributed by atoms with Gasteiger partial charge in [0.25, 0.3) is 17.7 Å². The number of carbonyl (C=O) groups is 3. The van der Waals surface area contributed by atoms with Crippen LogP contribution in [0.15, 0.2) is 59.2 Å². The van der Waals surface area contributed by atoms with Crippen LogP contribution in [0, 0.1) is 0 Å². The van der Waals surface area contributed by atoms with E-state index in [1.165, 1.54) is 17.0 Å². The second-order valence-electron chi connectivity index (χ2n) is 7.29. The number of benzene rings is 2. The summed E-state index contributed by atoms with van der Waals surface area (Å²) in [5.41, 5.74) is 1.85. The van der Waals surface area contributed by atoms with Crippen LogP contribution in [-0.4, -0.2) is 52.7 Å². The Balaban J connectivity index is 1.50. The van der Waals surface area contributed by atoms with Crippen LogP contribution in [0.2, 0.25) is 0 Å². The molecule has 1 aromatic heterocycles. The monoisotopic (exact) mass is 496 g/mol. The van der Waals surface area contributed by atoms with Gasteiger partial charge >= 0.3 is 0 Å². The average molecular weight is 497 g/mol. The van der Waals surface area contributed by atoms with Crippen LogP contribution in [-0.2, 0) is 11.3 Å². The summed E-state index contributed by atoms with van der Waals surface area (Å²) in [6, 6.07) is 14.0. The highest BCUT2D eigenvalue weighted by Crippen LogP contribution is 2.25. The van der Waals surface area contributed by atoms with Gasteiger partial charge < -0.3 is 10.1 Å². The number of methoxy groups -OCH3 is 1. The van der Waals surface area contributed by atoms with E-state index in [4.69, 9.17) is 4.74 Å². The van der Waals surface area contributed by atoms with E-state index in [1.807, 2.05) is 24.3 Å². The number of hydrogen-bond donors (Lipinski definition) is 1. The standard InChI is InChI=1S/C23H21BrN4O4/c1-32-12-4-11-27-22(30)17-8-7-15(13-18(17)23(27)31)21(29)26-20-9-10-25-28(20)14-16-5-2-3-6-19(16)24/h2-3,5-10,13H,4,11-12,14H2,1H3,(H,26,29). The Kier molecular flexibility index (Phi) is 6.48. The smallest absolute Gasteiger partial charge is 0.261 e. The summed E-state index contributed by atoms with van der Waals surface area (Å²) >= 11 is 3.52. The number of imide groups is 1. The summed E-state index contributed by atoms with van der Waals surface area (Å²) in [7, 11) is 1.57. The Hall–Kier alpha value is -3.30. The van der Waals surface area contributed by atoms with E-state index < -0.39 is 5.91 Å². The number of aromatic nitrogens is 2. The number of hydrogen-bond acceptors (Lipinski definition) is 5. The van der Waals surface area contributed by atoms with Gasteiger partial charge in [-0.3, -0.25) is 19.3 Å². The van der Waals surface area contributed by atoms with Gasteiger partial charge in [0.15, 0.2) is 0 Å². The number of fused-ring (bicyclic) bond motifs is 1. The van der Waals surface area contributed by atoms with E-state index in [0.29, 0.717) is 31.0 Å². The summed E-state index contributed by atoms with van der Waals surface area (Å²) < 4.78 is 7.62. The SMILES string of the molecule is COCCCN1C(=O)c2ccc(C(=O)Nc3ccnn3Cc3ccccc3Br)cc2C1=O. The first-order chi connectivity index (χ1) is 15.5. The van der Waals surface area contributed by atoms with Crippen LogP contribution >= 0.6 is 15.9 Å². The lowest BCUT2D eigenvalue weighted by atomic mass is 10.1. The molecule has 0 atom stereocenters. The van der Waals surface area contributed by atoms with Crippen LogP contribution in [0.4, 0.5) is 5.82 Å². The van der Waals surface area contributed by atoms with Crippen LogP contribution in [0.5, 0.6) is 0 Å². The summed E-state index contributed by atoms with van der Waals surface area (Å²) in [5.74, 6) is -0.607. The maximum Gasteiger partial charge on any atom is 0.261 e. The van der Waals surface area contributed by atoms with Gasteiger partial charge in [0.2, 0.25) is 0 Å². The number of nitrogens with one attached hydrogen (secondary N) is 1. The quantitative estimate of drug-likeness (QED) is 0.380. The number of rotatable bonds is 8. The highest BCUT2D eigenvalue weighted by molar-refractivity contribution is 9.10. The van der Waals surface area contributed by atoms with E-state index in [9.17, 15) is 14.4 Å². The number of halogens is 1. The first kappa shape index (κ1) is 21.9. The molecule has 0 spiro atoms. The molecule has 3 amide bonds. The summed E-state index contributed by atoms with van der Waals surface area (Å²) in [5, 5.41) is 7.13. The Bertz CT molecular complexity index is 1190. The van der Waals surface area contributed by atoms with Crippen molar-refractivity contribution in [1.82, 2.24) is 14.7 Å². The molecule has 0 aliphatic carbocycles. The predicted octanol–water partition coefficient (Wildman–Crippen LogP) is 3.58. The minimum Gasteiger partial charge on any atom is -0.385 e. The van der Waals surface area contributed by atoms with Gasteiger partial charge in [-0.25, -0.2) is 4.68 Å². The van der Waals surface area contributed by atoms with E-state index in [0.717, 1.165) is 10.0 Å². The second-order valence-corrected chi connectivity index (χ2v) is 8.14. The molecular formula is C23H21BrN4O4. The third-order valence-corrected chi connectivity index (χ3v) is 5.97. The zero-order chi connectivity index (χ0) is 22.7. The van der Waals surface area contributed by atoms with Crippen molar-refractivity contribution >= 4 is 39.5 Å². The van der Waals surface area contributed by atoms with Gasteiger partial charge in [-0.1, -0.05) is 34.1 Å². The van der Waals surface area contributed by atoms with Gasteiger partial charge in [0.05, 0.1) is 23.9 Å². The maximum absolute atomic E-state index is 12.9. The first-order valence-electron chi connectivity index (χ1n) is 10.1. The Morgan fingerprint density at radius 2 is 1.88 bits per heavy atom. The molecule has 2 heterocycles. The van der Waals surface area contributed by atoms with E-state index in [1.54, 1.807) is 30.1 Å². The number of ether oxygens (including phenoxy) is 1. The number of nitrogens with zero attached hydrogens (tertiary/aromatic N) is 3. The molecule has 2 aromatic carbocycles. The second kappa shape index (κ2) is 9.46. The molecule has 3 aromatic rings. The van der Waals surface area contributed by atoms with Gasteiger partial charge in [0, 0.05) is 36.4 Å². The van der Waals surface area contributed by atoms with Crippen LogP contribution in [0.25, 0.3) is 0 Å². The van der Waals surface area contributed by atoms with Gasteiger partial charge in [-0.05, 0) is 36.2 Å². The molecule has 4 rings (SSSR count). The third-order valence-electron chi connectivity index (χ3n) is 5.20. The molecule has 0 saturated carbocycles. The van der Waals surface area contributed by atoms with Gasteiger partial charge in [0.1, 0.15) is 5.82 Å². The molecule has 0 radical (unpaired) electrons. The summed E-state index contributed by atoms with van der Waals surface area (Å²) in [6.07, 6.45) is 2.16. The number of anilines is 1. The van der Waals surface area contributed by atoms with E-state index in [-0.39, 0.29) is 29.5 Å². The normalized spacial score (nSPS) is 12.9. The molecule has 8 nitrogen and oxygen atoms in total. The van der Waals surface area contributed by atoms with Crippen LogP contribution in [0.3, 0.4) is 0 Å². The third kappa shape index (κ3) is 4.35. The van der Waals surface area contributed by atoms with Crippen molar-refractivity contribution < 1.29 is 19.1 Å². The fraction of sp³-hybridized carbons (Fsp3) is 0.217. The summed E-state index contributed by atoms with van der Waals surface area (Å²) in [6.45, 7) is 1.20. The fourth-order valence-electron chi connectivity index (χ4n) is 3.54. The molecule has 32 heavy (non-hydrogen) atoms. The van der Waals surface area contributed by atoms with Crippen molar-refractivity contribution in [1.29, 1.82) is 0 Å². The van der Waals surface area contributed by atoms with E-state index in [2.05, 4.69) is 26.3 Å². The van der Waals surface area contributed by atoms with Crippen molar-refractivity contribution in [3.63, 3.8) is 0 Å². The zero-order valence-electron chi connectivity index (χ0n) is 17.4. The molecule has 9 heteroatoms. The van der Waals surface area contributed by atoms with E-state index >= 15 is 0 Å². The van der Waals surface area contributed by atoms with Crippen molar-refractivity contribution in [2.75, 3.05) is 25.6 Å². The Morgan fingerprint density at radius 3 is 2.66 bits per heavy atom. The highest BCUT2D eigenvalue weighted by Gasteiger charge is 2.35. The molecule has 0 saturated heterocycles. The molecule has 164 valence electrons. The minimum absolute atomic E-state index is 0.238. The number of amides is 3. The van der Waals surface area contributed by atoms with Crippen molar-refractivity contribution in [2.24, 2.45) is 0 Å². The first-order valence-corrected chi connectivity index (χ1v) is 10.8. The molecule has 1 N–H and O–H groups in total. The lowest BCUT2D eigenvalue weighted by Gasteiger charge is -2.12. The zero-order valence-corrected chi connectivity index (χ0v) is 19.0. The van der Waals surface area contributed by atoms with Crippen LogP contribution < -0.4 is 5.32 Å². The van der Waals surface area contributed by atoms with Crippen molar-refractivity contribution in [3.8, 4) is 0 Å². The Morgan fingerprint density at radius 1 is 1.09 bits per heavy atom. The predicted molar refractivity (Wildman–Crippen MR) is 122 cm³/mol. The van der Waals surface area contributed by atoms with Crippen molar-refractivity contribution in [3.05, 3.63) is 81.5 Å².